The molecule has 3 amide bonds. The Morgan fingerprint density at radius 1 is 1.22 bits per heavy atom. The van der Waals surface area contributed by atoms with E-state index in [1.807, 2.05) is 5.43 Å². The first kappa shape index (κ1) is 11.6. The average molecular weight is 246 g/mol. The molecule has 0 aliphatic carbocycles. The SMILES string of the molecule is NC(=O)N/N=c1\oc2ccccc2cc1C(N)=O. The molecule has 0 fully saturated rings. The van der Waals surface area contributed by atoms with Crippen molar-refractivity contribution in [2.24, 2.45) is 16.6 Å². The Balaban J connectivity index is 2.69. The van der Waals surface area contributed by atoms with E-state index in [4.69, 9.17) is 15.9 Å². The lowest BCUT2D eigenvalue weighted by Crippen LogP contribution is -2.29. The molecule has 1 aromatic carbocycles. The Kier molecular flexibility index (Phi) is 2.96. The van der Waals surface area contributed by atoms with Gasteiger partial charge in [-0.25, -0.2) is 10.2 Å². The van der Waals surface area contributed by atoms with Crippen LogP contribution in [0.15, 0.2) is 39.9 Å². The highest BCUT2D eigenvalue weighted by atomic mass is 16.3. The molecule has 2 rings (SSSR count). The molecule has 0 aliphatic heterocycles. The molecule has 92 valence electrons. The predicted molar refractivity (Wildman–Crippen MR) is 63.0 cm³/mol. The number of urea groups is 1. The Bertz CT molecular complexity index is 690. The first-order chi connectivity index (χ1) is 8.58. The zero-order valence-corrected chi connectivity index (χ0v) is 9.21. The maximum Gasteiger partial charge on any atom is 0.332 e. The standard InChI is InChI=1S/C11H10N4O3/c12-9(16)7-5-6-3-1-2-4-8(6)18-10(7)14-15-11(13)17/h1-5H,(H2,12,16)(H3,13,15,17)/b14-10-. The summed E-state index contributed by atoms with van der Waals surface area (Å²) >= 11 is 0. The minimum atomic E-state index is -0.867. The van der Waals surface area contributed by atoms with Crippen molar-refractivity contribution >= 4 is 22.9 Å². The molecule has 2 aromatic rings. The van der Waals surface area contributed by atoms with Gasteiger partial charge in [-0.1, -0.05) is 18.2 Å². The molecule has 5 N–H and O–H groups in total. The number of carbonyl (C=O) groups is 2. The fourth-order valence-corrected chi connectivity index (χ4v) is 1.43. The number of nitrogens with zero attached hydrogens (tertiary/aromatic N) is 1. The van der Waals surface area contributed by atoms with Crippen molar-refractivity contribution in [3.8, 4) is 0 Å². The molecule has 0 unspecified atom stereocenters. The van der Waals surface area contributed by atoms with Crippen LogP contribution in [0.1, 0.15) is 10.4 Å². The Labute approximate surface area is 101 Å². The van der Waals surface area contributed by atoms with Gasteiger partial charge in [0.05, 0.1) is 0 Å². The maximum atomic E-state index is 11.3. The van der Waals surface area contributed by atoms with Gasteiger partial charge in [0, 0.05) is 5.39 Å². The average Bonchev–Trinajstić information content (AvgIpc) is 2.35. The van der Waals surface area contributed by atoms with Crippen LogP contribution in [-0.2, 0) is 0 Å². The molecule has 18 heavy (non-hydrogen) atoms. The van der Waals surface area contributed by atoms with E-state index in [2.05, 4.69) is 5.10 Å². The van der Waals surface area contributed by atoms with Gasteiger partial charge in [0.25, 0.3) is 5.91 Å². The van der Waals surface area contributed by atoms with Crippen molar-refractivity contribution in [1.82, 2.24) is 5.43 Å². The number of rotatable bonds is 2. The van der Waals surface area contributed by atoms with E-state index in [0.29, 0.717) is 11.0 Å². The lowest BCUT2D eigenvalue weighted by molar-refractivity contribution is 0.0996. The first-order valence-electron chi connectivity index (χ1n) is 5.00. The minimum absolute atomic E-state index is 0.0578. The third-order valence-electron chi connectivity index (χ3n) is 2.19. The smallest absolute Gasteiger partial charge is 0.332 e. The molecule has 0 saturated heterocycles. The van der Waals surface area contributed by atoms with Gasteiger partial charge in [0.15, 0.2) is 0 Å². The van der Waals surface area contributed by atoms with Gasteiger partial charge in [0.1, 0.15) is 11.1 Å². The fourth-order valence-electron chi connectivity index (χ4n) is 1.43. The highest BCUT2D eigenvalue weighted by Gasteiger charge is 2.08. The van der Waals surface area contributed by atoms with E-state index in [1.165, 1.54) is 6.07 Å². The highest BCUT2D eigenvalue weighted by molar-refractivity contribution is 5.95. The lowest BCUT2D eigenvalue weighted by Gasteiger charge is -2.01. The maximum absolute atomic E-state index is 11.3. The van der Waals surface area contributed by atoms with Crippen LogP contribution in [0.5, 0.6) is 0 Å². The topological polar surface area (TPSA) is 124 Å². The molecule has 1 heterocycles. The second kappa shape index (κ2) is 4.58. The quantitative estimate of drug-likeness (QED) is 0.646. The Morgan fingerprint density at radius 2 is 1.94 bits per heavy atom. The largest absolute Gasteiger partial charge is 0.436 e. The number of hydrogen-bond acceptors (Lipinski definition) is 4. The van der Waals surface area contributed by atoms with E-state index in [-0.39, 0.29) is 11.1 Å². The van der Waals surface area contributed by atoms with Gasteiger partial charge in [-0.15, -0.1) is 5.10 Å². The van der Waals surface area contributed by atoms with Crippen molar-refractivity contribution in [3.63, 3.8) is 0 Å². The minimum Gasteiger partial charge on any atom is -0.436 e. The fraction of sp³-hybridized carbons (Fsp3) is 0. The van der Waals surface area contributed by atoms with Crippen LogP contribution in [0.2, 0.25) is 0 Å². The number of amides is 3. The van der Waals surface area contributed by atoms with E-state index in [9.17, 15) is 9.59 Å². The predicted octanol–water partition coefficient (Wildman–Crippen LogP) is 0.0157. The summed E-state index contributed by atoms with van der Waals surface area (Å²) in [5.41, 5.74) is 12.5. The van der Waals surface area contributed by atoms with Crippen LogP contribution in [-0.4, -0.2) is 11.9 Å². The van der Waals surface area contributed by atoms with Crippen LogP contribution >= 0.6 is 0 Å². The van der Waals surface area contributed by atoms with Crippen molar-refractivity contribution in [3.05, 3.63) is 41.4 Å². The van der Waals surface area contributed by atoms with Gasteiger partial charge >= 0.3 is 6.03 Å². The normalized spacial score (nSPS) is 11.4. The van der Waals surface area contributed by atoms with Gasteiger partial charge in [-0.2, -0.15) is 0 Å². The van der Waals surface area contributed by atoms with Crippen LogP contribution in [0.4, 0.5) is 4.79 Å². The number of carbonyl (C=O) groups excluding carboxylic acids is 2. The number of benzene rings is 1. The lowest BCUT2D eigenvalue weighted by atomic mass is 10.2. The Hall–Kier alpha value is -2.83. The molecule has 0 spiro atoms. The first-order valence-corrected chi connectivity index (χ1v) is 5.00. The van der Waals surface area contributed by atoms with Gasteiger partial charge in [-0.05, 0) is 12.1 Å². The van der Waals surface area contributed by atoms with Crippen molar-refractivity contribution in [1.29, 1.82) is 0 Å². The number of para-hydroxylation sites is 1. The number of nitrogens with two attached hydrogens (primary N) is 2. The van der Waals surface area contributed by atoms with Crippen LogP contribution < -0.4 is 22.4 Å². The van der Waals surface area contributed by atoms with Crippen molar-refractivity contribution < 1.29 is 14.0 Å². The van der Waals surface area contributed by atoms with E-state index in [1.54, 1.807) is 24.3 Å². The molecule has 0 bridgehead atoms. The van der Waals surface area contributed by atoms with Gasteiger partial charge in [-0.3, -0.25) is 4.79 Å². The van der Waals surface area contributed by atoms with Crippen LogP contribution in [0.25, 0.3) is 11.0 Å². The van der Waals surface area contributed by atoms with E-state index < -0.39 is 11.9 Å². The molecule has 0 radical (unpaired) electrons. The van der Waals surface area contributed by atoms with E-state index >= 15 is 0 Å². The second-order valence-corrected chi connectivity index (χ2v) is 3.46. The number of nitrogens with one attached hydrogen (secondary N) is 1. The molecule has 7 nitrogen and oxygen atoms in total. The summed E-state index contributed by atoms with van der Waals surface area (Å²) in [6.45, 7) is 0. The molecule has 0 saturated carbocycles. The summed E-state index contributed by atoms with van der Waals surface area (Å²) in [6.07, 6.45) is 0. The summed E-state index contributed by atoms with van der Waals surface area (Å²) < 4.78 is 5.37. The van der Waals surface area contributed by atoms with Gasteiger partial charge in [0.2, 0.25) is 5.55 Å². The molecular weight excluding hydrogens is 236 g/mol. The summed E-state index contributed by atoms with van der Waals surface area (Å²) in [5, 5.41) is 4.28. The zero-order valence-electron chi connectivity index (χ0n) is 9.21. The Morgan fingerprint density at radius 3 is 2.61 bits per heavy atom. The third kappa shape index (κ3) is 2.29. The number of primary amides is 2. The third-order valence-corrected chi connectivity index (χ3v) is 2.19. The molecule has 0 aliphatic rings. The number of hydrogen-bond donors (Lipinski definition) is 3. The van der Waals surface area contributed by atoms with E-state index in [0.717, 1.165) is 0 Å². The van der Waals surface area contributed by atoms with Crippen molar-refractivity contribution in [2.75, 3.05) is 0 Å². The summed E-state index contributed by atoms with van der Waals surface area (Å²) in [5.74, 6) is -0.713. The van der Waals surface area contributed by atoms with Crippen LogP contribution in [0.3, 0.4) is 0 Å². The zero-order chi connectivity index (χ0) is 13.1. The second-order valence-electron chi connectivity index (χ2n) is 3.46. The monoisotopic (exact) mass is 246 g/mol. The molecule has 0 atom stereocenters. The summed E-state index contributed by atoms with van der Waals surface area (Å²) in [4.78, 5) is 21.8. The molecular formula is C11H10N4O3. The summed E-state index contributed by atoms with van der Waals surface area (Å²) in [7, 11) is 0. The highest BCUT2D eigenvalue weighted by Crippen LogP contribution is 2.12. The number of fused-ring (bicyclic) bond motifs is 1. The van der Waals surface area contributed by atoms with Crippen molar-refractivity contribution in [2.45, 2.75) is 0 Å². The summed E-state index contributed by atoms with van der Waals surface area (Å²) in [6, 6.07) is 7.68. The molecule has 1 aromatic heterocycles. The molecule has 7 heteroatoms. The van der Waals surface area contributed by atoms with Crippen LogP contribution in [0, 0.1) is 0 Å². The van der Waals surface area contributed by atoms with Gasteiger partial charge < -0.3 is 15.9 Å².